The van der Waals surface area contributed by atoms with E-state index >= 15 is 0 Å². The van der Waals surface area contributed by atoms with Crippen LogP contribution >= 0.6 is 0 Å². The second-order valence-electron chi connectivity index (χ2n) is 8.88. The number of anilines is 1. The molecule has 0 aromatic heterocycles. The summed E-state index contributed by atoms with van der Waals surface area (Å²) < 4.78 is 13.4. The van der Waals surface area contributed by atoms with Gasteiger partial charge < -0.3 is 4.90 Å². The molecule has 1 aliphatic rings. The van der Waals surface area contributed by atoms with Gasteiger partial charge in [-0.05, 0) is 68.1 Å². The summed E-state index contributed by atoms with van der Waals surface area (Å²) in [4.78, 5) is 42.3. The Hall–Kier alpha value is -3.02. The average molecular weight is 425 g/mol. The van der Waals surface area contributed by atoms with Crippen LogP contribution in [-0.2, 0) is 9.59 Å². The molecule has 0 bridgehead atoms. The van der Waals surface area contributed by atoms with E-state index in [4.69, 9.17) is 0 Å². The number of amides is 3. The molecule has 1 heterocycles. The van der Waals surface area contributed by atoms with Gasteiger partial charge in [-0.25, -0.2) is 9.29 Å². The molecule has 2 aromatic carbocycles. The lowest BCUT2D eigenvalue weighted by atomic mass is 9.94. The zero-order valence-electron chi connectivity index (χ0n) is 18.7. The van der Waals surface area contributed by atoms with E-state index in [9.17, 15) is 18.8 Å². The van der Waals surface area contributed by atoms with Crippen molar-refractivity contribution < 1.29 is 18.8 Å². The minimum Gasteiger partial charge on any atom is -0.321 e. The van der Waals surface area contributed by atoms with Crippen LogP contribution in [0.1, 0.15) is 69.3 Å². The van der Waals surface area contributed by atoms with E-state index in [2.05, 4.69) is 13.8 Å². The van der Waals surface area contributed by atoms with E-state index in [1.165, 1.54) is 34.1 Å². The normalized spacial score (nSPS) is 16.9. The summed E-state index contributed by atoms with van der Waals surface area (Å²) in [5, 5.41) is 0. The van der Waals surface area contributed by atoms with Crippen molar-refractivity contribution in [2.24, 2.45) is 0 Å². The zero-order valence-corrected chi connectivity index (χ0v) is 18.7. The quantitative estimate of drug-likeness (QED) is 0.619. The maximum absolute atomic E-state index is 13.4. The SMILES string of the molecule is CCC(C)(C)N(C(=O)c1ccc(F)cc1)C1CC(=O)N(c2ccc(C(C)C)cc2)C1=O. The maximum Gasteiger partial charge on any atom is 0.257 e. The van der Waals surface area contributed by atoms with Crippen molar-refractivity contribution in [3.8, 4) is 0 Å². The van der Waals surface area contributed by atoms with Crippen molar-refractivity contribution in [3.05, 3.63) is 65.5 Å². The Morgan fingerprint density at radius 3 is 2.19 bits per heavy atom. The van der Waals surface area contributed by atoms with Crippen molar-refractivity contribution in [3.63, 3.8) is 0 Å². The first kappa shape index (κ1) is 22.7. The highest BCUT2D eigenvalue weighted by Crippen LogP contribution is 2.33. The topological polar surface area (TPSA) is 57.7 Å². The molecular weight excluding hydrogens is 395 g/mol. The lowest BCUT2D eigenvalue weighted by Crippen LogP contribution is -2.55. The summed E-state index contributed by atoms with van der Waals surface area (Å²) in [6.45, 7) is 9.80. The molecule has 0 radical (unpaired) electrons. The van der Waals surface area contributed by atoms with E-state index in [1.807, 2.05) is 32.9 Å². The van der Waals surface area contributed by atoms with Crippen LogP contribution < -0.4 is 4.90 Å². The van der Waals surface area contributed by atoms with E-state index in [-0.39, 0.29) is 17.9 Å². The Bertz CT molecular complexity index is 981. The van der Waals surface area contributed by atoms with Crippen LogP contribution in [0.15, 0.2) is 48.5 Å². The van der Waals surface area contributed by atoms with Crippen LogP contribution in [0.25, 0.3) is 0 Å². The van der Waals surface area contributed by atoms with E-state index in [0.717, 1.165) is 5.56 Å². The van der Waals surface area contributed by atoms with Crippen LogP contribution in [0.2, 0.25) is 0 Å². The molecule has 164 valence electrons. The number of carbonyl (C=O) groups is 3. The lowest BCUT2D eigenvalue weighted by molar-refractivity contribution is -0.123. The Labute approximate surface area is 182 Å². The van der Waals surface area contributed by atoms with Gasteiger partial charge in [-0.2, -0.15) is 0 Å². The zero-order chi connectivity index (χ0) is 22.9. The predicted octanol–water partition coefficient (Wildman–Crippen LogP) is 4.91. The van der Waals surface area contributed by atoms with Crippen molar-refractivity contribution >= 4 is 23.4 Å². The number of hydrogen-bond acceptors (Lipinski definition) is 3. The lowest BCUT2D eigenvalue weighted by Gasteiger charge is -2.41. The first-order valence-corrected chi connectivity index (χ1v) is 10.6. The second-order valence-corrected chi connectivity index (χ2v) is 8.88. The molecular formula is C25H29FN2O3. The fraction of sp³-hybridized carbons (Fsp3) is 0.400. The third-order valence-corrected chi connectivity index (χ3v) is 6.08. The smallest absolute Gasteiger partial charge is 0.257 e. The van der Waals surface area contributed by atoms with Gasteiger partial charge >= 0.3 is 0 Å². The summed E-state index contributed by atoms with van der Waals surface area (Å²) in [5.41, 5.74) is 1.22. The summed E-state index contributed by atoms with van der Waals surface area (Å²) in [6.07, 6.45) is 0.502. The molecule has 5 nitrogen and oxygen atoms in total. The van der Waals surface area contributed by atoms with Crippen LogP contribution in [0.3, 0.4) is 0 Å². The molecule has 3 amide bonds. The highest BCUT2D eigenvalue weighted by molar-refractivity contribution is 6.23. The molecule has 6 heteroatoms. The second kappa shape index (κ2) is 8.61. The van der Waals surface area contributed by atoms with Crippen molar-refractivity contribution in [2.75, 3.05) is 4.90 Å². The minimum absolute atomic E-state index is 0.0822. The van der Waals surface area contributed by atoms with Gasteiger partial charge in [0.05, 0.1) is 12.1 Å². The van der Waals surface area contributed by atoms with Gasteiger partial charge in [0, 0.05) is 11.1 Å². The molecule has 1 aliphatic heterocycles. The first-order chi connectivity index (χ1) is 14.6. The highest BCUT2D eigenvalue weighted by atomic mass is 19.1. The average Bonchev–Trinajstić information content (AvgIpc) is 3.02. The number of carbonyl (C=O) groups excluding carboxylic acids is 3. The number of rotatable bonds is 6. The van der Waals surface area contributed by atoms with Gasteiger partial charge in [0.25, 0.3) is 11.8 Å². The van der Waals surface area contributed by atoms with Gasteiger partial charge in [0.1, 0.15) is 11.9 Å². The molecule has 1 atom stereocenters. The van der Waals surface area contributed by atoms with Gasteiger partial charge in [-0.1, -0.05) is 32.9 Å². The van der Waals surface area contributed by atoms with E-state index in [0.29, 0.717) is 18.0 Å². The summed E-state index contributed by atoms with van der Waals surface area (Å²) in [7, 11) is 0. The molecule has 0 saturated carbocycles. The van der Waals surface area contributed by atoms with E-state index < -0.39 is 29.2 Å². The van der Waals surface area contributed by atoms with Gasteiger partial charge in [0.15, 0.2) is 0 Å². The van der Waals surface area contributed by atoms with Crippen molar-refractivity contribution in [2.45, 2.75) is 65.0 Å². The molecule has 31 heavy (non-hydrogen) atoms. The van der Waals surface area contributed by atoms with E-state index in [1.54, 1.807) is 12.1 Å². The number of imide groups is 1. The van der Waals surface area contributed by atoms with Crippen molar-refractivity contribution in [1.82, 2.24) is 4.90 Å². The summed E-state index contributed by atoms with van der Waals surface area (Å²) in [5.74, 6) is -1.26. The third-order valence-electron chi connectivity index (χ3n) is 6.08. The third kappa shape index (κ3) is 4.38. The molecule has 0 spiro atoms. The molecule has 0 aliphatic carbocycles. The van der Waals surface area contributed by atoms with Gasteiger partial charge in [-0.3, -0.25) is 14.4 Å². The monoisotopic (exact) mass is 424 g/mol. The number of nitrogens with zero attached hydrogens (tertiary/aromatic N) is 2. The van der Waals surface area contributed by atoms with Gasteiger partial charge in [0.2, 0.25) is 5.91 Å². The Kier molecular flexibility index (Phi) is 6.30. The molecule has 1 saturated heterocycles. The highest BCUT2D eigenvalue weighted by Gasteiger charge is 2.48. The fourth-order valence-corrected chi connectivity index (χ4v) is 3.84. The summed E-state index contributed by atoms with van der Waals surface area (Å²) in [6, 6.07) is 11.7. The fourth-order valence-electron chi connectivity index (χ4n) is 3.84. The van der Waals surface area contributed by atoms with Crippen LogP contribution in [0.5, 0.6) is 0 Å². The number of benzene rings is 2. The Morgan fingerprint density at radius 2 is 1.68 bits per heavy atom. The molecule has 3 rings (SSSR count). The standard InChI is InChI=1S/C25H29FN2O3/c1-6-25(4,5)28(23(30)18-7-11-19(26)12-8-18)21-15-22(29)27(24(21)31)20-13-9-17(10-14-20)16(2)3/h7-14,16,21H,6,15H2,1-5H3. The minimum atomic E-state index is -0.912. The molecule has 0 N–H and O–H groups in total. The van der Waals surface area contributed by atoms with Crippen LogP contribution in [0, 0.1) is 5.82 Å². The van der Waals surface area contributed by atoms with Gasteiger partial charge in [-0.15, -0.1) is 0 Å². The Morgan fingerprint density at radius 1 is 1.10 bits per heavy atom. The first-order valence-electron chi connectivity index (χ1n) is 10.6. The Balaban J connectivity index is 1.96. The predicted molar refractivity (Wildman–Crippen MR) is 118 cm³/mol. The maximum atomic E-state index is 13.4. The van der Waals surface area contributed by atoms with Crippen LogP contribution in [0.4, 0.5) is 10.1 Å². The van der Waals surface area contributed by atoms with Crippen LogP contribution in [-0.4, -0.2) is 34.2 Å². The summed E-state index contributed by atoms with van der Waals surface area (Å²) >= 11 is 0. The molecule has 2 aromatic rings. The number of halogens is 1. The van der Waals surface area contributed by atoms with Crippen molar-refractivity contribution in [1.29, 1.82) is 0 Å². The number of hydrogen-bond donors (Lipinski definition) is 0. The molecule has 1 unspecified atom stereocenters. The largest absolute Gasteiger partial charge is 0.321 e. The molecule has 1 fully saturated rings.